The lowest BCUT2D eigenvalue weighted by atomic mass is 10.2. The highest BCUT2D eigenvalue weighted by Crippen LogP contribution is 2.36. The Labute approximate surface area is 163 Å². The third kappa shape index (κ3) is 4.47. The molecule has 1 aromatic carbocycles. The van der Waals surface area contributed by atoms with Gasteiger partial charge in [0, 0.05) is 0 Å². The molecule has 2 heterocycles. The fourth-order valence-corrected chi connectivity index (χ4v) is 6.02. The van der Waals surface area contributed by atoms with Crippen molar-refractivity contribution < 1.29 is 17.9 Å². The molecule has 1 aromatic rings. The zero-order valence-electron chi connectivity index (χ0n) is 14.5. The van der Waals surface area contributed by atoms with Gasteiger partial charge in [-0.1, -0.05) is 49.5 Å². The fraction of sp³-hybridized carbons (Fsp3) is 0.444. The Hall–Kier alpha value is -1.38. The van der Waals surface area contributed by atoms with E-state index < -0.39 is 9.84 Å². The van der Waals surface area contributed by atoms with E-state index in [1.54, 1.807) is 6.08 Å². The molecule has 0 N–H and O–H groups in total. The molecule has 0 radical (unpaired) electrons. The molecule has 2 aliphatic rings. The molecule has 8 heteroatoms. The van der Waals surface area contributed by atoms with Crippen molar-refractivity contribution in [2.24, 2.45) is 0 Å². The highest BCUT2D eigenvalue weighted by Gasteiger charge is 2.42. The van der Waals surface area contributed by atoms with Gasteiger partial charge in [-0.15, -0.1) is 0 Å². The number of carbonyl (C=O) groups is 1. The number of unbranched alkanes of at least 4 members (excludes halogenated alkanes) is 1. The quantitative estimate of drug-likeness (QED) is 0.407. The third-order valence-corrected chi connectivity index (χ3v) is 7.42. The number of thiocarbonyl (C=S) groups is 1. The van der Waals surface area contributed by atoms with Crippen LogP contribution in [-0.2, 0) is 14.6 Å². The van der Waals surface area contributed by atoms with Crippen LogP contribution >= 0.6 is 24.0 Å². The van der Waals surface area contributed by atoms with Crippen LogP contribution in [0.15, 0.2) is 29.2 Å². The Morgan fingerprint density at radius 3 is 2.69 bits per heavy atom. The second kappa shape index (κ2) is 8.10. The third-order valence-electron chi connectivity index (χ3n) is 4.34. The minimum atomic E-state index is -3.07. The van der Waals surface area contributed by atoms with Gasteiger partial charge in [0.05, 0.1) is 29.1 Å². The molecule has 140 valence electrons. The van der Waals surface area contributed by atoms with Crippen molar-refractivity contribution in [2.75, 3.05) is 18.1 Å². The molecule has 2 saturated heterocycles. The van der Waals surface area contributed by atoms with Gasteiger partial charge in [-0.05, 0) is 36.6 Å². The molecule has 5 nitrogen and oxygen atoms in total. The zero-order valence-corrected chi connectivity index (χ0v) is 17.0. The molecule has 0 aromatic heterocycles. The molecule has 0 saturated carbocycles. The van der Waals surface area contributed by atoms with Crippen LogP contribution in [0.2, 0.25) is 0 Å². The van der Waals surface area contributed by atoms with E-state index in [4.69, 9.17) is 17.0 Å². The van der Waals surface area contributed by atoms with Crippen molar-refractivity contribution in [3.8, 4) is 5.75 Å². The number of hydrogen-bond donors (Lipinski definition) is 0. The predicted molar refractivity (Wildman–Crippen MR) is 109 cm³/mol. The van der Waals surface area contributed by atoms with Gasteiger partial charge in [-0.2, -0.15) is 0 Å². The van der Waals surface area contributed by atoms with Crippen molar-refractivity contribution in [2.45, 2.75) is 32.2 Å². The maximum atomic E-state index is 12.7. The van der Waals surface area contributed by atoms with Gasteiger partial charge in [-0.3, -0.25) is 9.69 Å². The maximum absolute atomic E-state index is 12.7. The predicted octanol–water partition coefficient (Wildman–Crippen LogP) is 3.25. The lowest BCUT2D eigenvalue weighted by Gasteiger charge is -2.20. The number of benzene rings is 1. The van der Waals surface area contributed by atoms with Gasteiger partial charge in [-0.25, -0.2) is 8.42 Å². The number of amides is 1. The van der Waals surface area contributed by atoms with E-state index in [1.165, 1.54) is 16.7 Å². The molecular formula is C18H21NO4S3. The molecule has 2 fully saturated rings. The van der Waals surface area contributed by atoms with E-state index in [1.807, 2.05) is 24.3 Å². The summed E-state index contributed by atoms with van der Waals surface area (Å²) < 4.78 is 29.5. The van der Waals surface area contributed by atoms with Crippen molar-refractivity contribution in [3.05, 3.63) is 34.7 Å². The maximum Gasteiger partial charge on any atom is 0.266 e. The summed E-state index contributed by atoms with van der Waals surface area (Å²) in [6, 6.07) is 7.21. The second-order valence-corrected chi connectivity index (χ2v) is 10.3. The topological polar surface area (TPSA) is 63.7 Å². The number of nitrogens with zero attached hydrogens (tertiary/aromatic N) is 1. The van der Waals surface area contributed by atoms with E-state index >= 15 is 0 Å². The normalized spacial score (nSPS) is 23.8. The number of thioether (sulfide) groups is 1. The largest absolute Gasteiger partial charge is 0.494 e. The highest BCUT2D eigenvalue weighted by atomic mass is 32.2. The van der Waals surface area contributed by atoms with E-state index in [9.17, 15) is 13.2 Å². The Morgan fingerprint density at radius 2 is 2.08 bits per heavy atom. The van der Waals surface area contributed by atoms with Crippen molar-refractivity contribution in [3.63, 3.8) is 0 Å². The van der Waals surface area contributed by atoms with E-state index in [0.717, 1.165) is 24.2 Å². The standard InChI is InChI=1S/C18H21NO4S3/c1-2-3-9-23-15-6-4-13(5-7-15)11-16-17(20)19(18(24)25-16)14-8-10-26(21,22)12-14/h4-7,11,14H,2-3,8-10,12H2,1H3/b16-11+. The highest BCUT2D eigenvalue weighted by molar-refractivity contribution is 8.26. The molecule has 0 bridgehead atoms. The van der Waals surface area contributed by atoms with Gasteiger partial charge in [0.1, 0.15) is 10.1 Å². The molecule has 0 spiro atoms. The minimum absolute atomic E-state index is 0.00346. The van der Waals surface area contributed by atoms with Crippen LogP contribution in [0.1, 0.15) is 31.7 Å². The molecule has 1 atom stereocenters. The zero-order chi connectivity index (χ0) is 18.7. The van der Waals surface area contributed by atoms with Gasteiger partial charge in [0.15, 0.2) is 9.84 Å². The van der Waals surface area contributed by atoms with E-state index in [0.29, 0.717) is 22.3 Å². The van der Waals surface area contributed by atoms with Crippen LogP contribution in [0, 0.1) is 0 Å². The van der Waals surface area contributed by atoms with Crippen LogP contribution in [0.3, 0.4) is 0 Å². The number of hydrogen-bond acceptors (Lipinski definition) is 6. The van der Waals surface area contributed by atoms with Crippen molar-refractivity contribution >= 4 is 50.1 Å². The van der Waals surface area contributed by atoms with Gasteiger partial charge in [0.2, 0.25) is 0 Å². The van der Waals surface area contributed by atoms with Crippen LogP contribution < -0.4 is 4.74 Å². The molecule has 2 aliphatic heterocycles. The summed E-state index contributed by atoms with van der Waals surface area (Å²) in [5.41, 5.74) is 0.882. The van der Waals surface area contributed by atoms with Gasteiger partial charge >= 0.3 is 0 Å². The van der Waals surface area contributed by atoms with Crippen LogP contribution in [0.4, 0.5) is 0 Å². The molecule has 3 rings (SSSR count). The van der Waals surface area contributed by atoms with Crippen molar-refractivity contribution in [1.82, 2.24) is 4.90 Å². The Morgan fingerprint density at radius 1 is 1.35 bits per heavy atom. The number of sulfone groups is 1. The molecular weight excluding hydrogens is 390 g/mol. The monoisotopic (exact) mass is 411 g/mol. The average molecular weight is 412 g/mol. The summed E-state index contributed by atoms with van der Waals surface area (Å²) in [7, 11) is -3.07. The molecule has 1 unspecified atom stereocenters. The second-order valence-electron chi connectivity index (χ2n) is 6.38. The molecule has 0 aliphatic carbocycles. The van der Waals surface area contributed by atoms with Crippen LogP contribution in [0.25, 0.3) is 6.08 Å². The first kappa shape index (κ1) is 19.4. The molecule has 26 heavy (non-hydrogen) atoms. The van der Waals surface area contributed by atoms with Crippen molar-refractivity contribution in [1.29, 1.82) is 0 Å². The number of ether oxygens (including phenoxy) is 1. The minimum Gasteiger partial charge on any atom is -0.494 e. The van der Waals surface area contributed by atoms with E-state index in [2.05, 4.69) is 6.92 Å². The Bertz CT molecular complexity index is 830. The first-order chi connectivity index (χ1) is 12.4. The van der Waals surface area contributed by atoms with E-state index in [-0.39, 0.29) is 23.5 Å². The first-order valence-corrected chi connectivity index (χ1v) is 11.6. The number of carbonyl (C=O) groups excluding carboxylic acids is 1. The van der Waals surface area contributed by atoms with Gasteiger partial charge in [0.25, 0.3) is 5.91 Å². The van der Waals surface area contributed by atoms with Crippen LogP contribution in [0.5, 0.6) is 5.75 Å². The lowest BCUT2D eigenvalue weighted by molar-refractivity contribution is -0.123. The summed E-state index contributed by atoms with van der Waals surface area (Å²) in [5.74, 6) is 0.716. The summed E-state index contributed by atoms with van der Waals surface area (Å²) in [4.78, 5) is 14.7. The summed E-state index contributed by atoms with van der Waals surface area (Å²) in [6.45, 7) is 2.81. The Balaban J connectivity index is 1.70. The number of rotatable bonds is 6. The summed E-state index contributed by atoms with van der Waals surface area (Å²) in [5, 5.41) is 0. The smallest absolute Gasteiger partial charge is 0.266 e. The molecule has 1 amide bonds. The summed E-state index contributed by atoms with van der Waals surface area (Å²) in [6.07, 6.45) is 4.34. The summed E-state index contributed by atoms with van der Waals surface area (Å²) >= 11 is 6.54. The lowest BCUT2D eigenvalue weighted by Crippen LogP contribution is -2.39. The fourth-order valence-electron chi connectivity index (χ4n) is 2.92. The van der Waals surface area contributed by atoms with Gasteiger partial charge < -0.3 is 4.74 Å². The SMILES string of the molecule is CCCCOc1ccc(/C=C2/SC(=S)N(C3CCS(=O)(=O)C3)C2=O)cc1. The van der Waals surface area contributed by atoms with Crippen LogP contribution in [-0.4, -0.2) is 47.7 Å². The Kier molecular flexibility index (Phi) is 6.04. The average Bonchev–Trinajstić information content (AvgIpc) is 3.08. The first-order valence-electron chi connectivity index (χ1n) is 8.60.